The van der Waals surface area contributed by atoms with Gasteiger partial charge in [0.2, 0.25) is 0 Å². The summed E-state index contributed by atoms with van der Waals surface area (Å²) < 4.78 is 10.8. The van der Waals surface area contributed by atoms with Crippen LogP contribution in [0.4, 0.5) is 11.4 Å². The number of fused-ring (bicyclic) bond motifs is 2. The van der Waals surface area contributed by atoms with E-state index in [1.54, 1.807) is 26.4 Å². The predicted octanol–water partition coefficient (Wildman–Crippen LogP) is 4.73. The second-order valence-corrected chi connectivity index (χ2v) is 6.20. The number of nitrogens with zero attached hydrogens (tertiary/aromatic N) is 2. The van der Waals surface area contributed by atoms with Gasteiger partial charge in [-0.15, -0.1) is 0 Å². The smallest absolute Gasteiger partial charge is 0.187 e. The topological polar surface area (TPSA) is 87.4 Å². The number of nitrogens with one attached hydrogen (secondary N) is 1. The normalized spacial score (nSPS) is 10.6. The van der Waals surface area contributed by atoms with Crippen molar-refractivity contribution in [1.82, 2.24) is 4.98 Å². The van der Waals surface area contributed by atoms with Gasteiger partial charge in [0.05, 0.1) is 31.2 Å². The Hall–Kier alpha value is -3.98. The quantitative estimate of drug-likeness (QED) is 0.505. The maximum absolute atomic E-state index is 10.5. The number of rotatable bonds is 4. The SMILES string of the molecule is COc1ccc2c(Nc3cc4ccccc4cc3O)c(C#N)cnc2c1OC. The number of phenolic OH excluding ortho intramolecular Hbond substituents is 1. The zero-order valence-corrected chi connectivity index (χ0v) is 15.4. The fourth-order valence-corrected chi connectivity index (χ4v) is 3.26. The third-order valence-corrected chi connectivity index (χ3v) is 4.62. The van der Waals surface area contributed by atoms with Gasteiger partial charge in [-0.05, 0) is 35.0 Å². The van der Waals surface area contributed by atoms with E-state index in [0.717, 1.165) is 10.8 Å². The van der Waals surface area contributed by atoms with Gasteiger partial charge in [-0.3, -0.25) is 4.98 Å². The number of pyridine rings is 1. The Bertz CT molecular complexity index is 1250. The Balaban J connectivity index is 1.93. The van der Waals surface area contributed by atoms with E-state index in [0.29, 0.717) is 39.3 Å². The van der Waals surface area contributed by atoms with Crippen molar-refractivity contribution in [1.29, 1.82) is 5.26 Å². The van der Waals surface area contributed by atoms with Gasteiger partial charge in [-0.1, -0.05) is 24.3 Å². The fourth-order valence-electron chi connectivity index (χ4n) is 3.26. The summed E-state index contributed by atoms with van der Waals surface area (Å²) in [5, 5.41) is 25.8. The van der Waals surface area contributed by atoms with Crippen molar-refractivity contribution in [2.45, 2.75) is 0 Å². The first-order valence-electron chi connectivity index (χ1n) is 8.59. The van der Waals surface area contributed by atoms with Crippen LogP contribution in [0, 0.1) is 11.3 Å². The molecule has 2 N–H and O–H groups in total. The number of aromatic nitrogens is 1. The number of hydrogen-bond acceptors (Lipinski definition) is 6. The molecule has 0 aliphatic carbocycles. The molecule has 28 heavy (non-hydrogen) atoms. The van der Waals surface area contributed by atoms with Crippen LogP contribution in [-0.2, 0) is 0 Å². The predicted molar refractivity (Wildman–Crippen MR) is 108 cm³/mol. The van der Waals surface area contributed by atoms with Crippen LogP contribution in [0.5, 0.6) is 17.2 Å². The number of ether oxygens (including phenoxy) is 2. The highest BCUT2D eigenvalue weighted by Crippen LogP contribution is 2.40. The van der Waals surface area contributed by atoms with Crippen molar-refractivity contribution in [3.8, 4) is 23.3 Å². The number of hydrogen-bond donors (Lipinski definition) is 2. The second kappa shape index (κ2) is 6.97. The molecule has 0 spiro atoms. The minimum absolute atomic E-state index is 0.0908. The van der Waals surface area contributed by atoms with E-state index in [9.17, 15) is 10.4 Å². The van der Waals surface area contributed by atoms with Gasteiger partial charge in [0.1, 0.15) is 17.3 Å². The van der Waals surface area contributed by atoms with Crippen molar-refractivity contribution < 1.29 is 14.6 Å². The van der Waals surface area contributed by atoms with Crippen LogP contribution in [0.1, 0.15) is 5.56 Å². The molecule has 0 unspecified atom stereocenters. The summed E-state index contributed by atoms with van der Waals surface area (Å²) in [5.41, 5.74) is 1.95. The van der Waals surface area contributed by atoms with E-state index in [-0.39, 0.29) is 5.75 Å². The first-order valence-corrected chi connectivity index (χ1v) is 8.59. The molecule has 0 aliphatic rings. The Morgan fingerprint density at radius 2 is 1.79 bits per heavy atom. The van der Waals surface area contributed by atoms with Crippen LogP contribution < -0.4 is 14.8 Å². The fraction of sp³-hybridized carbons (Fsp3) is 0.0909. The molecule has 4 aromatic rings. The van der Waals surface area contributed by atoms with Crippen LogP contribution in [-0.4, -0.2) is 24.3 Å². The van der Waals surface area contributed by atoms with E-state index < -0.39 is 0 Å². The average molecular weight is 371 g/mol. The molecule has 1 heterocycles. The molecule has 3 aromatic carbocycles. The number of methoxy groups -OCH3 is 2. The minimum atomic E-state index is 0.0908. The summed E-state index contributed by atoms with van der Waals surface area (Å²) >= 11 is 0. The summed E-state index contributed by atoms with van der Waals surface area (Å²) in [5.74, 6) is 1.12. The Morgan fingerprint density at radius 3 is 2.46 bits per heavy atom. The molecule has 0 saturated heterocycles. The third-order valence-electron chi connectivity index (χ3n) is 4.62. The van der Waals surface area contributed by atoms with Gasteiger partial charge in [0.25, 0.3) is 0 Å². The number of phenols is 1. The van der Waals surface area contributed by atoms with Crippen LogP contribution in [0.3, 0.4) is 0 Å². The van der Waals surface area contributed by atoms with Crippen molar-refractivity contribution in [2.75, 3.05) is 19.5 Å². The maximum Gasteiger partial charge on any atom is 0.187 e. The molecule has 0 atom stereocenters. The van der Waals surface area contributed by atoms with Crippen molar-refractivity contribution in [3.05, 3.63) is 60.3 Å². The van der Waals surface area contributed by atoms with Crippen molar-refractivity contribution >= 4 is 33.1 Å². The third kappa shape index (κ3) is 2.79. The van der Waals surface area contributed by atoms with Crippen LogP contribution in [0.25, 0.3) is 21.7 Å². The van der Waals surface area contributed by atoms with E-state index in [1.165, 1.54) is 6.20 Å². The van der Waals surface area contributed by atoms with E-state index in [1.807, 2.05) is 36.4 Å². The highest BCUT2D eigenvalue weighted by Gasteiger charge is 2.17. The molecular weight excluding hydrogens is 354 g/mol. The summed E-state index contributed by atoms with van der Waals surface area (Å²) in [7, 11) is 3.10. The molecule has 0 aliphatic heterocycles. The molecule has 0 saturated carbocycles. The van der Waals surface area contributed by atoms with E-state index in [4.69, 9.17) is 9.47 Å². The van der Waals surface area contributed by atoms with Crippen LogP contribution in [0.15, 0.2) is 54.7 Å². The molecule has 6 nitrogen and oxygen atoms in total. The van der Waals surface area contributed by atoms with Crippen LogP contribution in [0.2, 0.25) is 0 Å². The molecule has 0 amide bonds. The monoisotopic (exact) mass is 371 g/mol. The maximum atomic E-state index is 10.5. The van der Waals surface area contributed by atoms with Gasteiger partial charge in [0, 0.05) is 11.6 Å². The molecule has 6 heteroatoms. The van der Waals surface area contributed by atoms with Gasteiger partial charge in [-0.25, -0.2) is 0 Å². The lowest BCUT2D eigenvalue weighted by atomic mass is 10.1. The largest absolute Gasteiger partial charge is 0.506 e. The first kappa shape index (κ1) is 17.4. The summed E-state index contributed by atoms with van der Waals surface area (Å²) in [6.45, 7) is 0. The molecule has 0 radical (unpaired) electrons. The van der Waals surface area contributed by atoms with E-state index in [2.05, 4.69) is 16.4 Å². The Morgan fingerprint density at radius 1 is 1.04 bits per heavy atom. The van der Waals surface area contributed by atoms with Crippen molar-refractivity contribution in [2.24, 2.45) is 0 Å². The van der Waals surface area contributed by atoms with Gasteiger partial charge < -0.3 is 19.9 Å². The molecular formula is C22H17N3O3. The number of nitriles is 1. The lowest BCUT2D eigenvalue weighted by molar-refractivity contribution is 0.358. The number of anilines is 2. The highest BCUT2D eigenvalue weighted by molar-refractivity contribution is 6.01. The minimum Gasteiger partial charge on any atom is -0.506 e. The summed E-state index contributed by atoms with van der Waals surface area (Å²) in [6, 6.07) is 17.0. The second-order valence-electron chi connectivity index (χ2n) is 6.20. The van der Waals surface area contributed by atoms with E-state index >= 15 is 0 Å². The Kier molecular flexibility index (Phi) is 4.34. The highest BCUT2D eigenvalue weighted by atomic mass is 16.5. The zero-order chi connectivity index (χ0) is 19.7. The zero-order valence-electron chi connectivity index (χ0n) is 15.4. The summed E-state index contributed by atoms with van der Waals surface area (Å²) in [4.78, 5) is 4.38. The number of aromatic hydroxyl groups is 1. The van der Waals surface area contributed by atoms with Gasteiger partial charge >= 0.3 is 0 Å². The molecule has 0 bridgehead atoms. The summed E-state index contributed by atoms with van der Waals surface area (Å²) in [6.07, 6.45) is 1.48. The van der Waals surface area contributed by atoms with Crippen molar-refractivity contribution in [3.63, 3.8) is 0 Å². The lowest BCUT2D eigenvalue weighted by Crippen LogP contribution is -1.99. The molecule has 138 valence electrons. The molecule has 1 aromatic heterocycles. The average Bonchev–Trinajstić information content (AvgIpc) is 2.73. The van der Waals surface area contributed by atoms with Gasteiger partial charge in [0.15, 0.2) is 11.5 Å². The molecule has 4 rings (SSSR count). The Labute approximate surface area is 161 Å². The lowest BCUT2D eigenvalue weighted by Gasteiger charge is -2.16. The number of benzene rings is 3. The molecule has 0 fully saturated rings. The van der Waals surface area contributed by atoms with Crippen LogP contribution >= 0.6 is 0 Å². The first-order chi connectivity index (χ1) is 13.7. The van der Waals surface area contributed by atoms with Gasteiger partial charge in [-0.2, -0.15) is 5.26 Å². The standard InChI is InChI=1S/C22H17N3O3/c1-27-19-8-7-16-20(15(11-23)12-24-21(16)22(19)28-2)25-17-9-13-5-3-4-6-14(13)10-18(17)26/h3-10,12,26H,1-2H3,(H,24,25).